The van der Waals surface area contributed by atoms with E-state index in [2.05, 4.69) is 26.2 Å². The van der Waals surface area contributed by atoms with Gasteiger partial charge in [-0.2, -0.15) is 0 Å². The van der Waals surface area contributed by atoms with E-state index in [1.807, 2.05) is 30.3 Å². The van der Waals surface area contributed by atoms with E-state index in [1.165, 1.54) is 6.26 Å². The number of nitrogens with one attached hydrogen (secondary N) is 1. The van der Waals surface area contributed by atoms with Crippen LogP contribution in [0.15, 0.2) is 58.4 Å². The van der Waals surface area contributed by atoms with E-state index in [-0.39, 0.29) is 24.0 Å². The van der Waals surface area contributed by atoms with Crippen molar-refractivity contribution in [2.24, 2.45) is 4.99 Å². The zero-order valence-corrected chi connectivity index (χ0v) is 21.1. The summed E-state index contributed by atoms with van der Waals surface area (Å²) in [6, 6.07) is 15.0. The van der Waals surface area contributed by atoms with Crippen LogP contribution in [-0.2, 0) is 16.3 Å². The molecule has 0 bridgehead atoms. The van der Waals surface area contributed by atoms with Crippen molar-refractivity contribution in [3.63, 3.8) is 0 Å². The molecule has 1 aliphatic rings. The molecule has 0 atom stereocenters. The lowest BCUT2D eigenvalue weighted by Crippen LogP contribution is -2.52. The lowest BCUT2D eigenvalue weighted by atomic mass is 10.1. The summed E-state index contributed by atoms with van der Waals surface area (Å²) in [6.07, 6.45) is 2.02. The number of aliphatic imine (C=N–C) groups is 1. The minimum Gasteiger partial charge on any atom is -0.367 e. The van der Waals surface area contributed by atoms with Crippen molar-refractivity contribution in [3.8, 4) is 0 Å². The van der Waals surface area contributed by atoms with Crippen LogP contribution in [-0.4, -0.2) is 65.3 Å². The Hall–Kier alpha value is -1.52. The summed E-state index contributed by atoms with van der Waals surface area (Å²) in [4.78, 5) is 9.31. The summed E-state index contributed by atoms with van der Waals surface area (Å²) in [5.74, 6) is 0.886. The van der Waals surface area contributed by atoms with Crippen LogP contribution in [0, 0.1) is 0 Å². The predicted molar refractivity (Wildman–Crippen MR) is 135 cm³/mol. The molecule has 9 heteroatoms. The molecular weight excluding hydrogens is 535 g/mol. The molecule has 1 fully saturated rings. The maximum atomic E-state index is 11.5. The molecule has 0 amide bonds. The van der Waals surface area contributed by atoms with Crippen LogP contribution in [0.4, 0.5) is 5.69 Å². The van der Waals surface area contributed by atoms with Crippen LogP contribution >= 0.6 is 35.6 Å². The van der Waals surface area contributed by atoms with Crippen molar-refractivity contribution in [2.75, 3.05) is 50.9 Å². The van der Waals surface area contributed by atoms with E-state index in [1.54, 1.807) is 19.2 Å². The van der Waals surface area contributed by atoms with Crippen LogP contribution < -0.4 is 10.2 Å². The first-order chi connectivity index (χ1) is 13.9. The molecule has 164 valence electrons. The average molecular weight is 563 g/mol. The van der Waals surface area contributed by atoms with Crippen LogP contribution in [0.1, 0.15) is 5.56 Å². The topological polar surface area (TPSA) is 65.0 Å². The van der Waals surface area contributed by atoms with Gasteiger partial charge in [0.1, 0.15) is 0 Å². The van der Waals surface area contributed by atoms with Gasteiger partial charge >= 0.3 is 0 Å². The Kier molecular flexibility index (Phi) is 9.24. The molecule has 0 aliphatic carbocycles. The molecule has 0 spiro atoms. The van der Waals surface area contributed by atoms with Crippen LogP contribution in [0.25, 0.3) is 0 Å². The SMILES string of the molecule is CN=C(NCCc1ccc(S(C)(=O)=O)cc1)N1CCN(c2ccccc2Cl)CC1.I. The maximum absolute atomic E-state index is 11.5. The first-order valence-electron chi connectivity index (χ1n) is 9.62. The summed E-state index contributed by atoms with van der Waals surface area (Å²) in [5, 5.41) is 4.19. The van der Waals surface area contributed by atoms with E-state index < -0.39 is 9.84 Å². The molecule has 30 heavy (non-hydrogen) atoms. The van der Waals surface area contributed by atoms with Gasteiger partial charge in [-0.15, -0.1) is 24.0 Å². The Morgan fingerprint density at radius 1 is 1.07 bits per heavy atom. The van der Waals surface area contributed by atoms with Gasteiger partial charge in [-0.05, 0) is 36.2 Å². The number of guanidine groups is 1. The molecule has 6 nitrogen and oxygen atoms in total. The van der Waals surface area contributed by atoms with Crippen molar-refractivity contribution >= 4 is 57.1 Å². The fourth-order valence-corrected chi connectivity index (χ4v) is 4.31. The third-order valence-corrected chi connectivity index (χ3v) is 6.48. The second-order valence-electron chi connectivity index (χ2n) is 7.07. The third-order valence-electron chi connectivity index (χ3n) is 5.03. The van der Waals surface area contributed by atoms with Crippen LogP contribution in [0.2, 0.25) is 5.02 Å². The van der Waals surface area contributed by atoms with Crippen LogP contribution in [0.5, 0.6) is 0 Å². The minimum atomic E-state index is -3.15. The third kappa shape index (κ3) is 6.49. The Morgan fingerprint density at radius 2 is 1.70 bits per heavy atom. The number of piperazine rings is 1. The number of rotatable bonds is 5. The predicted octanol–water partition coefficient (Wildman–Crippen LogP) is 3.30. The molecule has 1 heterocycles. The van der Waals surface area contributed by atoms with E-state index in [9.17, 15) is 8.42 Å². The van der Waals surface area contributed by atoms with Crippen molar-refractivity contribution in [2.45, 2.75) is 11.3 Å². The molecule has 2 aromatic carbocycles. The Labute approximate surface area is 201 Å². The number of anilines is 1. The zero-order valence-electron chi connectivity index (χ0n) is 17.2. The largest absolute Gasteiger partial charge is 0.367 e. The fraction of sp³-hybridized carbons (Fsp3) is 0.381. The van der Waals surface area contributed by atoms with Gasteiger partial charge in [0, 0.05) is 46.0 Å². The Morgan fingerprint density at radius 3 is 2.27 bits per heavy atom. The number of hydrogen-bond acceptors (Lipinski definition) is 4. The van der Waals surface area contributed by atoms with Gasteiger partial charge in [-0.3, -0.25) is 4.99 Å². The Balaban J connectivity index is 0.00000320. The molecule has 0 radical (unpaired) electrons. The molecule has 0 unspecified atom stereocenters. The first kappa shape index (κ1) is 24.7. The average Bonchev–Trinajstić information content (AvgIpc) is 2.72. The minimum absolute atomic E-state index is 0. The molecule has 2 aromatic rings. The second-order valence-corrected chi connectivity index (χ2v) is 9.49. The standard InChI is InChI=1S/C21H27ClN4O2S.HI/c1-23-21(24-12-11-17-7-9-18(10-8-17)29(2,27)28)26-15-13-25(14-16-26)20-6-4-3-5-19(20)22;/h3-10H,11-16H2,1-2H3,(H,23,24);1H. The summed E-state index contributed by atoms with van der Waals surface area (Å²) in [6.45, 7) is 4.24. The van der Waals surface area contributed by atoms with Gasteiger partial charge in [0.25, 0.3) is 0 Å². The van der Waals surface area contributed by atoms with Crippen molar-refractivity contribution in [1.82, 2.24) is 10.2 Å². The monoisotopic (exact) mass is 562 g/mol. The number of halogens is 2. The van der Waals surface area contributed by atoms with Gasteiger partial charge in [0.15, 0.2) is 15.8 Å². The molecule has 0 aromatic heterocycles. The van der Waals surface area contributed by atoms with Gasteiger partial charge in [0.2, 0.25) is 0 Å². The summed E-state index contributed by atoms with van der Waals surface area (Å²) < 4.78 is 23.1. The lowest BCUT2D eigenvalue weighted by Gasteiger charge is -2.38. The first-order valence-corrected chi connectivity index (χ1v) is 11.9. The van der Waals surface area contributed by atoms with Gasteiger partial charge in [-0.25, -0.2) is 8.42 Å². The van der Waals surface area contributed by atoms with E-state index in [0.717, 1.165) is 61.4 Å². The quantitative estimate of drug-likeness (QED) is 0.344. The molecule has 1 N–H and O–H groups in total. The molecule has 1 saturated heterocycles. The van der Waals surface area contributed by atoms with Crippen molar-refractivity contribution < 1.29 is 8.42 Å². The molecule has 3 rings (SSSR count). The number of hydrogen-bond donors (Lipinski definition) is 1. The molecular formula is C21H28ClIN4O2S. The highest BCUT2D eigenvalue weighted by molar-refractivity contribution is 14.0. The summed E-state index contributed by atoms with van der Waals surface area (Å²) in [5.41, 5.74) is 2.16. The van der Waals surface area contributed by atoms with Gasteiger partial charge in [0.05, 0.1) is 15.6 Å². The number of nitrogens with zero attached hydrogens (tertiary/aromatic N) is 3. The van der Waals surface area contributed by atoms with Gasteiger partial charge in [-0.1, -0.05) is 35.9 Å². The van der Waals surface area contributed by atoms with Gasteiger partial charge < -0.3 is 15.1 Å². The smallest absolute Gasteiger partial charge is 0.193 e. The highest BCUT2D eigenvalue weighted by Gasteiger charge is 2.20. The van der Waals surface area contributed by atoms with Crippen LogP contribution in [0.3, 0.4) is 0 Å². The fourth-order valence-electron chi connectivity index (χ4n) is 3.42. The normalized spacial score (nSPS) is 15.0. The number of para-hydroxylation sites is 1. The number of benzene rings is 2. The second kappa shape index (κ2) is 11.2. The molecule has 1 aliphatic heterocycles. The summed E-state index contributed by atoms with van der Waals surface area (Å²) >= 11 is 6.32. The Bertz CT molecular complexity index is 959. The lowest BCUT2D eigenvalue weighted by molar-refractivity contribution is 0.373. The van der Waals surface area contributed by atoms with E-state index in [4.69, 9.17) is 11.6 Å². The zero-order chi connectivity index (χ0) is 20.9. The van der Waals surface area contributed by atoms with Crippen molar-refractivity contribution in [1.29, 1.82) is 0 Å². The van der Waals surface area contributed by atoms with E-state index >= 15 is 0 Å². The highest BCUT2D eigenvalue weighted by Crippen LogP contribution is 2.26. The van der Waals surface area contributed by atoms with E-state index in [0.29, 0.717) is 4.90 Å². The van der Waals surface area contributed by atoms with Crippen molar-refractivity contribution in [3.05, 3.63) is 59.1 Å². The maximum Gasteiger partial charge on any atom is 0.193 e. The highest BCUT2D eigenvalue weighted by atomic mass is 127. The number of sulfone groups is 1. The molecule has 0 saturated carbocycles. The summed E-state index contributed by atoms with van der Waals surface area (Å²) in [7, 11) is -1.36.